The van der Waals surface area contributed by atoms with Crippen molar-refractivity contribution < 1.29 is 18.3 Å². The van der Waals surface area contributed by atoms with Crippen molar-refractivity contribution in [2.24, 2.45) is 7.05 Å². The largest absolute Gasteiger partial charge is 0.478 e. The first-order valence-corrected chi connectivity index (χ1v) is 7.72. The standard InChI is InChI=1S/C13H16N4O4S/c1-16(2)22(20,21)15-10-6-4-9(5-7-10)12-11(13(18)19)8-17(3)14-12/h4-8,15H,1-3H3,(H,18,19). The molecule has 118 valence electrons. The van der Waals surface area contributed by atoms with E-state index in [-0.39, 0.29) is 5.56 Å². The van der Waals surface area contributed by atoms with Gasteiger partial charge in [-0.2, -0.15) is 17.8 Å². The quantitative estimate of drug-likeness (QED) is 0.854. The van der Waals surface area contributed by atoms with Crippen molar-refractivity contribution in [1.29, 1.82) is 0 Å². The Labute approximate surface area is 128 Å². The summed E-state index contributed by atoms with van der Waals surface area (Å²) in [6, 6.07) is 6.33. The molecule has 0 unspecified atom stereocenters. The topological polar surface area (TPSA) is 105 Å². The second-order valence-electron chi connectivity index (χ2n) is 4.84. The van der Waals surface area contributed by atoms with E-state index in [9.17, 15) is 13.2 Å². The number of hydrogen-bond acceptors (Lipinski definition) is 4. The highest BCUT2D eigenvalue weighted by Gasteiger charge is 2.17. The third kappa shape index (κ3) is 3.26. The van der Waals surface area contributed by atoms with Gasteiger partial charge in [0.25, 0.3) is 0 Å². The number of nitrogens with one attached hydrogen (secondary N) is 1. The fourth-order valence-electron chi connectivity index (χ4n) is 1.79. The third-order valence-corrected chi connectivity index (χ3v) is 4.40. The van der Waals surface area contributed by atoms with E-state index in [0.717, 1.165) is 4.31 Å². The Bertz CT molecular complexity index is 794. The van der Waals surface area contributed by atoms with Gasteiger partial charge >= 0.3 is 16.2 Å². The van der Waals surface area contributed by atoms with Crippen LogP contribution in [0.2, 0.25) is 0 Å². The number of aromatic nitrogens is 2. The second kappa shape index (κ2) is 5.78. The van der Waals surface area contributed by atoms with Gasteiger partial charge in [0, 0.05) is 38.6 Å². The average molecular weight is 324 g/mol. The van der Waals surface area contributed by atoms with Gasteiger partial charge in [0.15, 0.2) is 0 Å². The van der Waals surface area contributed by atoms with Crippen LogP contribution in [0.5, 0.6) is 0 Å². The van der Waals surface area contributed by atoms with Gasteiger partial charge in [0.1, 0.15) is 11.3 Å². The van der Waals surface area contributed by atoms with E-state index >= 15 is 0 Å². The van der Waals surface area contributed by atoms with Crippen molar-refractivity contribution in [1.82, 2.24) is 14.1 Å². The summed E-state index contributed by atoms with van der Waals surface area (Å²) in [5.41, 5.74) is 1.39. The van der Waals surface area contributed by atoms with E-state index in [1.54, 1.807) is 31.3 Å². The summed E-state index contributed by atoms with van der Waals surface area (Å²) in [7, 11) is 0.898. The van der Waals surface area contributed by atoms with Crippen LogP contribution < -0.4 is 4.72 Å². The molecule has 0 saturated carbocycles. The highest BCUT2D eigenvalue weighted by atomic mass is 32.2. The van der Waals surface area contributed by atoms with Gasteiger partial charge in [0.05, 0.1) is 0 Å². The van der Waals surface area contributed by atoms with Gasteiger partial charge in [-0.25, -0.2) is 4.79 Å². The van der Waals surface area contributed by atoms with Crippen LogP contribution in [0.25, 0.3) is 11.3 Å². The molecule has 2 aromatic rings. The van der Waals surface area contributed by atoms with Crippen LogP contribution in [-0.2, 0) is 17.3 Å². The summed E-state index contributed by atoms with van der Waals surface area (Å²) >= 11 is 0. The van der Waals surface area contributed by atoms with Crippen LogP contribution >= 0.6 is 0 Å². The molecule has 0 atom stereocenters. The minimum atomic E-state index is -3.58. The number of hydrogen-bond donors (Lipinski definition) is 2. The maximum atomic E-state index is 11.7. The number of aryl methyl sites for hydroxylation is 1. The summed E-state index contributed by atoms with van der Waals surface area (Å²) in [4.78, 5) is 11.2. The zero-order valence-corrected chi connectivity index (χ0v) is 13.1. The summed E-state index contributed by atoms with van der Waals surface area (Å²) in [5.74, 6) is -1.07. The Morgan fingerprint density at radius 3 is 2.36 bits per heavy atom. The minimum absolute atomic E-state index is 0.0872. The van der Waals surface area contributed by atoms with Crippen molar-refractivity contribution in [3.05, 3.63) is 36.0 Å². The van der Waals surface area contributed by atoms with Crippen LogP contribution in [0, 0.1) is 0 Å². The first kappa shape index (κ1) is 16.0. The summed E-state index contributed by atoms with van der Waals surface area (Å²) in [5, 5.41) is 13.3. The predicted octanol–water partition coefficient (Wildman–Crippen LogP) is 1.00. The van der Waals surface area contributed by atoms with Crippen molar-refractivity contribution >= 4 is 21.9 Å². The van der Waals surface area contributed by atoms with Gasteiger partial charge in [-0.1, -0.05) is 12.1 Å². The molecule has 1 aromatic carbocycles. The lowest BCUT2D eigenvalue weighted by molar-refractivity contribution is 0.0697. The fourth-order valence-corrected chi connectivity index (χ4v) is 2.41. The summed E-state index contributed by atoms with van der Waals surface area (Å²) in [6.07, 6.45) is 1.42. The van der Waals surface area contributed by atoms with Crippen LogP contribution in [0.4, 0.5) is 5.69 Å². The molecule has 8 nitrogen and oxygen atoms in total. The summed E-state index contributed by atoms with van der Waals surface area (Å²) in [6.45, 7) is 0. The molecule has 0 fully saturated rings. The minimum Gasteiger partial charge on any atom is -0.478 e. The zero-order chi connectivity index (χ0) is 16.5. The third-order valence-electron chi connectivity index (χ3n) is 2.95. The molecule has 0 aliphatic carbocycles. The van der Waals surface area contributed by atoms with E-state index in [2.05, 4.69) is 9.82 Å². The normalized spacial score (nSPS) is 11.6. The molecule has 2 N–H and O–H groups in total. The Hall–Kier alpha value is -2.39. The molecule has 2 rings (SSSR count). The fraction of sp³-hybridized carbons (Fsp3) is 0.231. The molecular weight excluding hydrogens is 308 g/mol. The highest BCUT2D eigenvalue weighted by Crippen LogP contribution is 2.24. The number of nitrogens with zero attached hydrogens (tertiary/aromatic N) is 3. The van der Waals surface area contributed by atoms with Gasteiger partial charge in [-0.05, 0) is 12.1 Å². The number of carboxylic acids is 1. The van der Waals surface area contributed by atoms with Crippen molar-refractivity contribution in [3.63, 3.8) is 0 Å². The Kier molecular flexibility index (Phi) is 4.20. The second-order valence-corrected chi connectivity index (χ2v) is 6.72. The summed E-state index contributed by atoms with van der Waals surface area (Å²) < 4.78 is 28.3. The monoisotopic (exact) mass is 324 g/mol. The maximum Gasteiger partial charge on any atom is 0.339 e. The first-order chi connectivity index (χ1) is 10.2. The SMILES string of the molecule is CN(C)S(=O)(=O)Nc1ccc(-c2nn(C)cc2C(=O)O)cc1. The number of anilines is 1. The predicted molar refractivity (Wildman–Crippen MR) is 81.8 cm³/mol. The van der Waals surface area contributed by atoms with Crippen molar-refractivity contribution in [2.75, 3.05) is 18.8 Å². The lowest BCUT2D eigenvalue weighted by Crippen LogP contribution is -2.28. The molecule has 9 heteroatoms. The highest BCUT2D eigenvalue weighted by molar-refractivity contribution is 7.90. The molecule has 1 heterocycles. The van der Waals surface area contributed by atoms with Gasteiger partial charge in [-0.3, -0.25) is 9.40 Å². The molecule has 1 aromatic heterocycles. The first-order valence-electron chi connectivity index (χ1n) is 6.28. The molecule has 0 spiro atoms. The maximum absolute atomic E-state index is 11.7. The van der Waals surface area contributed by atoms with E-state index in [1.807, 2.05) is 0 Å². The van der Waals surface area contributed by atoms with Gasteiger partial charge in [-0.15, -0.1) is 0 Å². The number of benzene rings is 1. The van der Waals surface area contributed by atoms with E-state index < -0.39 is 16.2 Å². The molecule has 0 saturated heterocycles. The average Bonchev–Trinajstić information content (AvgIpc) is 2.81. The molecule has 0 bridgehead atoms. The smallest absolute Gasteiger partial charge is 0.339 e. The lowest BCUT2D eigenvalue weighted by atomic mass is 10.1. The Morgan fingerprint density at radius 1 is 1.27 bits per heavy atom. The van der Waals surface area contributed by atoms with Crippen LogP contribution in [-0.4, -0.2) is 47.7 Å². The van der Waals surface area contributed by atoms with Gasteiger partial charge in [0.2, 0.25) is 0 Å². The number of carbonyl (C=O) groups is 1. The van der Waals surface area contributed by atoms with E-state index in [1.165, 1.54) is 25.0 Å². The van der Waals surface area contributed by atoms with Crippen molar-refractivity contribution in [3.8, 4) is 11.3 Å². The van der Waals surface area contributed by atoms with E-state index in [4.69, 9.17) is 5.11 Å². The van der Waals surface area contributed by atoms with Crippen molar-refractivity contribution in [2.45, 2.75) is 0 Å². The Balaban J connectivity index is 2.32. The number of rotatable bonds is 5. The molecule has 0 radical (unpaired) electrons. The van der Waals surface area contributed by atoms with Crippen LogP contribution in [0.1, 0.15) is 10.4 Å². The Morgan fingerprint density at radius 2 is 1.86 bits per heavy atom. The van der Waals surface area contributed by atoms with Crippen LogP contribution in [0.3, 0.4) is 0 Å². The van der Waals surface area contributed by atoms with E-state index in [0.29, 0.717) is 16.9 Å². The van der Waals surface area contributed by atoms with Gasteiger partial charge < -0.3 is 5.11 Å². The number of carboxylic acid groups (broad SMARTS) is 1. The zero-order valence-electron chi connectivity index (χ0n) is 12.3. The molecule has 0 aliphatic rings. The molecular formula is C13H16N4O4S. The number of aromatic carboxylic acids is 1. The van der Waals surface area contributed by atoms with Crippen LogP contribution in [0.15, 0.2) is 30.5 Å². The lowest BCUT2D eigenvalue weighted by Gasteiger charge is -2.13. The molecule has 0 amide bonds. The molecule has 22 heavy (non-hydrogen) atoms. The molecule has 0 aliphatic heterocycles.